The average molecular weight is 165 g/mol. The van der Waals surface area contributed by atoms with Crippen LogP contribution in [-0.2, 0) is 4.79 Å². The lowest BCUT2D eigenvalue weighted by molar-refractivity contribution is -0.119. The summed E-state index contributed by atoms with van der Waals surface area (Å²) in [6.45, 7) is 0. The molecule has 1 fully saturated rings. The maximum atomic E-state index is 11.2. The van der Waals surface area contributed by atoms with Crippen molar-refractivity contribution < 1.29 is 4.79 Å². The first-order valence-electron chi connectivity index (χ1n) is 4.40. The Morgan fingerprint density at radius 1 is 1.50 bits per heavy atom. The van der Waals surface area contributed by atoms with E-state index in [0.29, 0.717) is 6.42 Å². The zero-order chi connectivity index (χ0) is 9.03. The second kappa shape index (κ2) is 3.73. The molecule has 0 heterocycles. The highest BCUT2D eigenvalue weighted by molar-refractivity contribution is 5.81. The molecule has 12 heavy (non-hydrogen) atoms. The van der Waals surface area contributed by atoms with Gasteiger partial charge in [-0.05, 0) is 12.8 Å². The Morgan fingerprint density at radius 3 is 2.58 bits per heavy atom. The van der Waals surface area contributed by atoms with E-state index in [1.165, 1.54) is 0 Å². The first-order chi connectivity index (χ1) is 5.66. The number of carbonyl (C=O) groups excluding carboxylic acids is 1. The number of terminal acetylenes is 1. The summed E-state index contributed by atoms with van der Waals surface area (Å²) in [7, 11) is 0. The van der Waals surface area contributed by atoms with E-state index in [-0.39, 0.29) is 17.7 Å². The number of rotatable bonds is 3. The average Bonchev–Trinajstić information content (AvgIpc) is 2.36. The van der Waals surface area contributed by atoms with Gasteiger partial charge in [0.25, 0.3) is 0 Å². The van der Waals surface area contributed by atoms with Gasteiger partial charge in [0.2, 0.25) is 0 Å². The van der Waals surface area contributed by atoms with Gasteiger partial charge < -0.3 is 5.73 Å². The minimum absolute atomic E-state index is 0.113. The summed E-state index contributed by atoms with van der Waals surface area (Å²) in [4.78, 5) is 11.2. The summed E-state index contributed by atoms with van der Waals surface area (Å²) in [5.41, 5.74) is 5.77. The van der Waals surface area contributed by atoms with Gasteiger partial charge >= 0.3 is 0 Å². The zero-order valence-electron chi connectivity index (χ0n) is 7.31. The Balaban J connectivity index is 2.39. The van der Waals surface area contributed by atoms with E-state index in [1.54, 1.807) is 0 Å². The van der Waals surface area contributed by atoms with Crippen LogP contribution >= 0.6 is 0 Å². The normalized spacial score (nSPS) is 20.3. The highest BCUT2D eigenvalue weighted by Gasteiger charge is 2.30. The topological polar surface area (TPSA) is 43.1 Å². The molecule has 0 saturated heterocycles. The van der Waals surface area contributed by atoms with Crippen LogP contribution in [0, 0.1) is 12.3 Å². The molecule has 0 unspecified atom stereocenters. The Morgan fingerprint density at radius 2 is 2.08 bits per heavy atom. The summed E-state index contributed by atoms with van der Waals surface area (Å²) in [6, 6.07) is 0. The molecule has 1 aliphatic carbocycles. The molecular formula is C10H15NO. The monoisotopic (exact) mass is 165 g/mol. The van der Waals surface area contributed by atoms with Crippen molar-refractivity contribution in [3.63, 3.8) is 0 Å². The van der Waals surface area contributed by atoms with Crippen molar-refractivity contribution in [1.29, 1.82) is 0 Å². The van der Waals surface area contributed by atoms with Crippen LogP contribution in [-0.4, -0.2) is 11.3 Å². The van der Waals surface area contributed by atoms with Gasteiger partial charge in [-0.1, -0.05) is 18.8 Å². The lowest BCUT2D eigenvalue weighted by Crippen LogP contribution is -2.38. The van der Waals surface area contributed by atoms with Gasteiger partial charge in [-0.15, -0.1) is 6.42 Å². The minimum atomic E-state index is -0.228. The van der Waals surface area contributed by atoms with Crippen LogP contribution in [0.4, 0.5) is 0 Å². The molecule has 2 nitrogen and oxygen atoms in total. The van der Waals surface area contributed by atoms with Crippen molar-refractivity contribution >= 4 is 5.78 Å². The molecule has 2 heteroatoms. The molecule has 0 amide bonds. The van der Waals surface area contributed by atoms with Crippen molar-refractivity contribution in [2.45, 2.75) is 44.1 Å². The van der Waals surface area contributed by atoms with E-state index in [9.17, 15) is 4.79 Å². The molecule has 0 aliphatic heterocycles. The number of hydrogen-bond acceptors (Lipinski definition) is 2. The Hall–Kier alpha value is -0.810. The SMILES string of the molecule is C#CCC(=O)CC1(N)CCCC1. The summed E-state index contributed by atoms with van der Waals surface area (Å²) in [5.74, 6) is 2.47. The third-order valence-electron chi connectivity index (χ3n) is 2.45. The van der Waals surface area contributed by atoms with Crippen LogP contribution in [0.25, 0.3) is 0 Å². The zero-order valence-corrected chi connectivity index (χ0v) is 7.31. The van der Waals surface area contributed by atoms with Gasteiger partial charge in [-0.25, -0.2) is 0 Å². The molecule has 0 aromatic rings. The Labute approximate surface area is 73.5 Å². The van der Waals surface area contributed by atoms with Gasteiger partial charge in [0.15, 0.2) is 0 Å². The first-order valence-corrected chi connectivity index (χ1v) is 4.40. The molecule has 1 rings (SSSR count). The third-order valence-corrected chi connectivity index (χ3v) is 2.45. The predicted molar refractivity (Wildman–Crippen MR) is 48.5 cm³/mol. The van der Waals surface area contributed by atoms with Gasteiger partial charge in [0.05, 0.1) is 6.42 Å². The Bertz CT molecular complexity index is 208. The van der Waals surface area contributed by atoms with Crippen molar-refractivity contribution in [2.75, 3.05) is 0 Å². The molecule has 0 aromatic carbocycles. The fourth-order valence-corrected chi connectivity index (χ4v) is 1.82. The number of nitrogens with two attached hydrogens (primary N) is 1. The lowest BCUT2D eigenvalue weighted by atomic mass is 9.91. The van der Waals surface area contributed by atoms with Crippen molar-refractivity contribution in [1.82, 2.24) is 0 Å². The van der Waals surface area contributed by atoms with Crippen LogP contribution in [0.3, 0.4) is 0 Å². The van der Waals surface area contributed by atoms with Crippen molar-refractivity contribution in [2.24, 2.45) is 5.73 Å². The van der Waals surface area contributed by atoms with Crippen LogP contribution in [0.1, 0.15) is 38.5 Å². The van der Waals surface area contributed by atoms with E-state index in [1.807, 2.05) is 0 Å². The van der Waals surface area contributed by atoms with Crippen molar-refractivity contribution in [3.8, 4) is 12.3 Å². The summed E-state index contributed by atoms with van der Waals surface area (Å²) in [5, 5.41) is 0. The lowest BCUT2D eigenvalue weighted by Gasteiger charge is -2.21. The predicted octanol–water partition coefficient (Wildman–Crippen LogP) is 1.24. The second-order valence-electron chi connectivity index (χ2n) is 3.67. The number of carbonyl (C=O) groups is 1. The fraction of sp³-hybridized carbons (Fsp3) is 0.700. The van der Waals surface area contributed by atoms with Gasteiger partial charge in [0, 0.05) is 12.0 Å². The highest BCUT2D eigenvalue weighted by Crippen LogP contribution is 2.30. The summed E-state index contributed by atoms with van der Waals surface area (Å²) < 4.78 is 0. The molecule has 0 spiro atoms. The van der Waals surface area contributed by atoms with Gasteiger partial charge in [-0.3, -0.25) is 4.79 Å². The smallest absolute Gasteiger partial charge is 0.146 e. The molecule has 0 radical (unpaired) electrons. The van der Waals surface area contributed by atoms with E-state index >= 15 is 0 Å². The van der Waals surface area contributed by atoms with Crippen LogP contribution in [0.5, 0.6) is 0 Å². The fourth-order valence-electron chi connectivity index (χ4n) is 1.82. The van der Waals surface area contributed by atoms with E-state index in [0.717, 1.165) is 25.7 Å². The van der Waals surface area contributed by atoms with Crippen LogP contribution in [0.2, 0.25) is 0 Å². The van der Waals surface area contributed by atoms with Gasteiger partial charge in [-0.2, -0.15) is 0 Å². The quantitative estimate of drug-likeness (QED) is 0.639. The molecule has 1 saturated carbocycles. The molecule has 2 N–H and O–H groups in total. The maximum absolute atomic E-state index is 11.2. The van der Waals surface area contributed by atoms with E-state index in [4.69, 9.17) is 12.2 Å². The molecule has 1 aliphatic rings. The van der Waals surface area contributed by atoms with E-state index < -0.39 is 0 Å². The van der Waals surface area contributed by atoms with Crippen LogP contribution in [0.15, 0.2) is 0 Å². The van der Waals surface area contributed by atoms with Gasteiger partial charge in [0.1, 0.15) is 5.78 Å². The van der Waals surface area contributed by atoms with Crippen LogP contribution < -0.4 is 5.73 Å². The standard InChI is InChI=1S/C10H15NO/c1-2-5-9(12)8-10(11)6-3-4-7-10/h1H,3-8,11H2. The molecule has 66 valence electrons. The number of hydrogen-bond donors (Lipinski definition) is 1. The molecular weight excluding hydrogens is 150 g/mol. The molecule has 0 atom stereocenters. The molecule has 0 bridgehead atoms. The number of Topliss-reactive ketones (excluding diaryl/α,β-unsaturated/α-hetero) is 1. The highest BCUT2D eigenvalue weighted by atomic mass is 16.1. The molecule has 0 aromatic heterocycles. The first kappa shape index (κ1) is 9.28. The Kier molecular flexibility index (Phi) is 2.88. The third kappa shape index (κ3) is 2.35. The maximum Gasteiger partial charge on any atom is 0.146 e. The number of ketones is 1. The summed E-state index contributed by atoms with van der Waals surface area (Å²) in [6.07, 6.45) is 10.00. The summed E-state index contributed by atoms with van der Waals surface area (Å²) >= 11 is 0. The minimum Gasteiger partial charge on any atom is -0.325 e. The second-order valence-corrected chi connectivity index (χ2v) is 3.67. The largest absolute Gasteiger partial charge is 0.325 e. The van der Waals surface area contributed by atoms with E-state index in [2.05, 4.69) is 5.92 Å². The van der Waals surface area contributed by atoms with Crippen molar-refractivity contribution in [3.05, 3.63) is 0 Å².